The number of halogens is 1. The molecule has 3 heteroatoms. The van der Waals surface area contributed by atoms with Crippen LogP contribution in [-0.2, 0) is 12.4 Å². The zero-order chi connectivity index (χ0) is 12.1. The van der Waals surface area contributed by atoms with E-state index in [-0.39, 0.29) is 0 Å². The second kappa shape index (κ2) is 5.69. The van der Waals surface area contributed by atoms with Crippen LogP contribution in [0.3, 0.4) is 0 Å². The lowest BCUT2D eigenvalue weighted by atomic mass is 10.1. The molecule has 17 heavy (non-hydrogen) atoms. The summed E-state index contributed by atoms with van der Waals surface area (Å²) < 4.78 is 0. The molecule has 0 radical (unpaired) electrons. The van der Waals surface area contributed by atoms with Crippen LogP contribution in [0.4, 0.5) is 5.69 Å². The van der Waals surface area contributed by atoms with E-state index in [1.54, 1.807) is 6.20 Å². The quantitative estimate of drug-likeness (QED) is 0.768. The van der Waals surface area contributed by atoms with E-state index in [1.165, 1.54) is 11.3 Å². The summed E-state index contributed by atoms with van der Waals surface area (Å²) in [6.45, 7) is 0.835. The van der Waals surface area contributed by atoms with Gasteiger partial charge in [0.05, 0.1) is 0 Å². The van der Waals surface area contributed by atoms with Crippen molar-refractivity contribution >= 4 is 17.3 Å². The van der Waals surface area contributed by atoms with Gasteiger partial charge in [-0.15, -0.1) is 11.6 Å². The second-order valence-corrected chi connectivity index (χ2v) is 4.25. The van der Waals surface area contributed by atoms with Gasteiger partial charge in [0.2, 0.25) is 0 Å². The summed E-state index contributed by atoms with van der Waals surface area (Å²) >= 11 is 5.94. The molecular weight excluding hydrogens is 232 g/mol. The highest BCUT2D eigenvalue weighted by Gasteiger charge is 2.06. The maximum atomic E-state index is 5.94. The molecule has 0 saturated heterocycles. The molecule has 88 valence electrons. The molecule has 2 aromatic rings. The molecule has 0 unspecified atom stereocenters. The monoisotopic (exact) mass is 246 g/mol. The fourth-order valence-electron chi connectivity index (χ4n) is 1.85. The number of pyridine rings is 1. The number of aromatic nitrogens is 1. The number of alkyl halides is 1. The number of hydrogen-bond donors (Lipinski definition) is 0. The third kappa shape index (κ3) is 2.98. The summed E-state index contributed by atoms with van der Waals surface area (Å²) in [5.74, 6) is 0.535. The third-order valence-electron chi connectivity index (χ3n) is 2.69. The van der Waals surface area contributed by atoms with Crippen molar-refractivity contribution in [3.63, 3.8) is 0 Å². The Morgan fingerprint density at radius 1 is 1.18 bits per heavy atom. The normalized spacial score (nSPS) is 10.2. The molecule has 0 amide bonds. The predicted octanol–water partition coefficient (Wildman–Crippen LogP) is 3.46. The van der Waals surface area contributed by atoms with E-state index in [1.807, 2.05) is 24.4 Å². The van der Waals surface area contributed by atoms with Crippen molar-refractivity contribution in [2.45, 2.75) is 12.4 Å². The van der Waals surface area contributed by atoms with Gasteiger partial charge < -0.3 is 4.90 Å². The summed E-state index contributed by atoms with van der Waals surface area (Å²) in [7, 11) is 2.07. The third-order valence-corrected chi connectivity index (χ3v) is 2.98. The summed E-state index contributed by atoms with van der Waals surface area (Å²) in [6.07, 6.45) is 3.68. The van der Waals surface area contributed by atoms with E-state index in [4.69, 9.17) is 11.6 Å². The van der Waals surface area contributed by atoms with Crippen LogP contribution in [0.15, 0.2) is 48.8 Å². The van der Waals surface area contributed by atoms with Crippen LogP contribution in [0.25, 0.3) is 0 Å². The Balaban J connectivity index is 2.17. The highest BCUT2D eigenvalue weighted by molar-refractivity contribution is 6.17. The van der Waals surface area contributed by atoms with E-state index in [2.05, 4.69) is 35.1 Å². The topological polar surface area (TPSA) is 16.1 Å². The van der Waals surface area contributed by atoms with Gasteiger partial charge in [-0.2, -0.15) is 0 Å². The molecule has 0 bridgehead atoms. The maximum absolute atomic E-state index is 5.94. The van der Waals surface area contributed by atoms with E-state index in [0.29, 0.717) is 5.88 Å². The maximum Gasteiger partial charge on any atom is 0.0494 e. The minimum absolute atomic E-state index is 0.535. The van der Waals surface area contributed by atoms with Crippen molar-refractivity contribution in [2.24, 2.45) is 0 Å². The van der Waals surface area contributed by atoms with Gasteiger partial charge in [-0.3, -0.25) is 4.98 Å². The molecule has 1 aromatic carbocycles. The molecule has 2 rings (SSSR count). The smallest absolute Gasteiger partial charge is 0.0494 e. The molecule has 2 nitrogen and oxygen atoms in total. The predicted molar refractivity (Wildman–Crippen MR) is 72.3 cm³/mol. The fraction of sp³-hybridized carbons (Fsp3) is 0.214. The van der Waals surface area contributed by atoms with Gasteiger partial charge >= 0.3 is 0 Å². The molecule has 0 aliphatic rings. The van der Waals surface area contributed by atoms with E-state index < -0.39 is 0 Å². The van der Waals surface area contributed by atoms with Crippen LogP contribution in [0.1, 0.15) is 11.1 Å². The Labute approximate surface area is 107 Å². The molecule has 0 aliphatic carbocycles. The number of rotatable bonds is 4. The van der Waals surface area contributed by atoms with Crippen LogP contribution in [-0.4, -0.2) is 12.0 Å². The van der Waals surface area contributed by atoms with E-state index >= 15 is 0 Å². The SMILES string of the molecule is CN(Cc1cccnc1)c1ccccc1CCl. The van der Waals surface area contributed by atoms with Crippen molar-refractivity contribution in [1.82, 2.24) is 4.98 Å². The molecule has 0 fully saturated rings. The molecule has 0 spiro atoms. The lowest BCUT2D eigenvalue weighted by molar-refractivity contribution is 0.909. The van der Waals surface area contributed by atoms with Crippen LogP contribution in [0.2, 0.25) is 0 Å². The largest absolute Gasteiger partial charge is 0.370 e. The van der Waals surface area contributed by atoms with Crippen molar-refractivity contribution in [1.29, 1.82) is 0 Å². The van der Waals surface area contributed by atoms with Crippen LogP contribution < -0.4 is 4.90 Å². The van der Waals surface area contributed by atoms with Crippen LogP contribution in [0, 0.1) is 0 Å². The first-order valence-electron chi connectivity index (χ1n) is 5.55. The molecule has 0 N–H and O–H groups in total. The summed E-state index contributed by atoms with van der Waals surface area (Å²) in [6, 6.07) is 12.2. The molecule has 0 saturated carbocycles. The Kier molecular flexibility index (Phi) is 3.99. The minimum atomic E-state index is 0.535. The van der Waals surface area contributed by atoms with E-state index in [0.717, 1.165) is 12.1 Å². The van der Waals surface area contributed by atoms with Crippen LogP contribution in [0.5, 0.6) is 0 Å². The van der Waals surface area contributed by atoms with E-state index in [9.17, 15) is 0 Å². The number of benzene rings is 1. The van der Waals surface area contributed by atoms with Gasteiger partial charge in [0.15, 0.2) is 0 Å². The zero-order valence-electron chi connectivity index (χ0n) is 9.81. The van der Waals surface area contributed by atoms with Gasteiger partial charge in [-0.05, 0) is 23.3 Å². The van der Waals surface area contributed by atoms with Gasteiger partial charge in [-0.25, -0.2) is 0 Å². The van der Waals surface area contributed by atoms with Crippen molar-refractivity contribution < 1.29 is 0 Å². The Hall–Kier alpha value is -1.54. The van der Waals surface area contributed by atoms with Gasteiger partial charge in [0.1, 0.15) is 0 Å². The van der Waals surface area contributed by atoms with Crippen molar-refractivity contribution in [3.05, 3.63) is 59.9 Å². The van der Waals surface area contributed by atoms with Gasteiger partial charge in [-0.1, -0.05) is 24.3 Å². The number of para-hydroxylation sites is 1. The number of nitrogens with zero attached hydrogens (tertiary/aromatic N) is 2. The lowest BCUT2D eigenvalue weighted by Gasteiger charge is -2.21. The first kappa shape index (κ1) is 11.9. The molecule has 1 aromatic heterocycles. The Morgan fingerprint density at radius 3 is 2.71 bits per heavy atom. The van der Waals surface area contributed by atoms with Crippen LogP contribution >= 0.6 is 11.6 Å². The highest BCUT2D eigenvalue weighted by atomic mass is 35.5. The van der Waals surface area contributed by atoms with Crippen molar-refractivity contribution in [2.75, 3.05) is 11.9 Å². The average Bonchev–Trinajstić information content (AvgIpc) is 2.40. The summed E-state index contributed by atoms with van der Waals surface area (Å²) in [5.41, 5.74) is 3.52. The fourth-order valence-corrected chi connectivity index (χ4v) is 2.07. The molecule has 1 heterocycles. The minimum Gasteiger partial charge on any atom is -0.370 e. The van der Waals surface area contributed by atoms with Gasteiger partial charge in [0.25, 0.3) is 0 Å². The second-order valence-electron chi connectivity index (χ2n) is 3.98. The van der Waals surface area contributed by atoms with Gasteiger partial charge in [0, 0.05) is 37.6 Å². The zero-order valence-corrected chi connectivity index (χ0v) is 10.6. The molecule has 0 aliphatic heterocycles. The van der Waals surface area contributed by atoms with Crippen molar-refractivity contribution in [3.8, 4) is 0 Å². The number of anilines is 1. The Bertz CT molecular complexity index is 471. The average molecular weight is 247 g/mol. The number of hydrogen-bond acceptors (Lipinski definition) is 2. The molecule has 0 atom stereocenters. The molecular formula is C14H15ClN2. The first-order chi connectivity index (χ1) is 8.31. The first-order valence-corrected chi connectivity index (χ1v) is 6.08. The highest BCUT2D eigenvalue weighted by Crippen LogP contribution is 2.22. The lowest BCUT2D eigenvalue weighted by Crippen LogP contribution is -2.17. The Morgan fingerprint density at radius 2 is 2.00 bits per heavy atom. The summed E-state index contributed by atoms with van der Waals surface area (Å²) in [4.78, 5) is 6.31. The standard InChI is InChI=1S/C14H15ClN2/c1-17(11-12-5-4-8-16-10-12)14-7-3-2-6-13(14)9-15/h2-8,10H,9,11H2,1H3. The summed E-state index contributed by atoms with van der Waals surface area (Å²) in [5, 5.41) is 0.